The minimum atomic E-state index is -0.118. The summed E-state index contributed by atoms with van der Waals surface area (Å²) in [5.41, 5.74) is 7.26. The van der Waals surface area contributed by atoms with Crippen molar-refractivity contribution in [2.24, 2.45) is 5.73 Å². The van der Waals surface area contributed by atoms with Gasteiger partial charge in [0.2, 0.25) is 0 Å². The van der Waals surface area contributed by atoms with Gasteiger partial charge in [0.15, 0.2) is 5.13 Å². The summed E-state index contributed by atoms with van der Waals surface area (Å²) in [6.07, 6.45) is 4.87. The Balaban J connectivity index is 0.00000220. The molecule has 0 spiro atoms. The molecular weight excluding hydrogens is 306 g/mol. The van der Waals surface area contributed by atoms with Crippen LogP contribution in [0.1, 0.15) is 33.6 Å². The maximum Gasteiger partial charge on any atom is 0.257 e. The number of amides is 1. The molecule has 2 aromatic rings. The Morgan fingerprint density at radius 1 is 1.29 bits per heavy atom. The lowest BCUT2D eigenvalue weighted by Crippen LogP contribution is -2.11. The Labute approximate surface area is 135 Å². The van der Waals surface area contributed by atoms with E-state index < -0.39 is 0 Å². The summed E-state index contributed by atoms with van der Waals surface area (Å²) in [5.74, 6) is -0.118. The summed E-state index contributed by atoms with van der Waals surface area (Å²) < 4.78 is 0. The number of nitrogens with zero attached hydrogens (tertiary/aromatic N) is 1. The van der Waals surface area contributed by atoms with Gasteiger partial charge in [-0.05, 0) is 44.9 Å². The van der Waals surface area contributed by atoms with Gasteiger partial charge in [-0.25, -0.2) is 4.98 Å². The van der Waals surface area contributed by atoms with E-state index in [1.807, 2.05) is 37.4 Å². The third-order valence-corrected chi connectivity index (χ3v) is 3.94. The van der Waals surface area contributed by atoms with E-state index in [0.717, 1.165) is 31.4 Å². The number of thiazole rings is 1. The smallest absolute Gasteiger partial charge is 0.257 e. The molecule has 2 rings (SSSR count). The number of halogens is 1. The molecular formula is C15H20ClN3OS. The van der Waals surface area contributed by atoms with E-state index in [1.165, 1.54) is 16.2 Å². The molecule has 0 radical (unpaired) electrons. The van der Waals surface area contributed by atoms with Crippen LogP contribution in [0, 0.1) is 6.92 Å². The third-order valence-electron chi connectivity index (χ3n) is 2.97. The second kappa shape index (κ2) is 8.77. The highest BCUT2D eigenvalue weighted by atomic mass is 35.5. The molecule has 1 aromatic carbocycles. The summed E-state index contributed by atoms with van der Waals surface area (Å²) in [4.78, 5) is 17.4. The summed E-state index contributed by atoms with van der Waals surface area (Å²) in [7, 11) is 0. The van der Waals surface area contributed by atoms with Gasteiger partial charge in [-0.2, -0.15) is 0 Å². The molecule has 21 heavy (non-hydrogen) atoms. The second-order valence-electron chi connectivity index (χ2n) is 4.70. The average molecular weight is 326 g/mol. The zero-order valence-corrected chi connectivity index (χ0v) is 13.6. The molecule has 0 atom stereocenters. The van der Waals surface area contributed by atoms with Crippen molar-refractivity contribution in [3.05, 3.63) is 46.5 Å². The Bertz CT molecular complexity index is 569. The fourth-order valence-electron chi connectivity index (χ4n) is 1.80. The average Bonchev–Trinajstić information content (AvgIpc) is 2.87. The van der Waals surface area contributed by atoms with Gasteiger partial charge < -0.3 is 5.73 Å². The molecule has 0 fully saturated rings. The Kier molecular flexibility index (Phi) is 7.36. The van der Waals surface area contributed by atoms with Crippen LogP contribution in [-0.4, -0.2) is 17.4 Å². The first-order valence-electron chi connectivity index (χ1n) is 6.72. The quantitative estimate of drug-likeness (QED) is 0.800. The van der Waals surface area contributed by atoms with E-state index in [-0.39, 0.29) is 18.3 Å². The summed E-state index contributed by atoms with van der Waals surface area (Å²) in [5, 5.41) is 3.48. The van der Waals surface area contributed by atoms with Crippen LogP contribution < -0.4 is 11.1 Å². The maximum absolute atomic E-state index is 12.0. The molecule has 0 aliphatic heterocycles. The minimum absolute atomic E-state index is 0. The highest BCUT2D eigenvalue weighted by Gasteiger charge is 2.08. The number of nitrogens with one attached hydrogen (secondary N) is 1. The molecule has 1 heterocycles. The first-order valence-corrected chi connectivity index (χ1v) is 7.53. The van der Waals surface area contributed by atoms with Gasteiger partial charge in [0.05, 0.1) is 0 Å². The molecule has 0 aliphatic carbocycles. The number of aryl methyl sites for hydroxylation is 2. The van der Waals surface area contributed by atoms with E-state index in [4.69, 9.17) is 5.73 Å². The number of carbonyl (C=O) groups excluding carboxylic acids is 1. The number of hydrogen-bond donors (Lipinski definition) is 2. The molecule has 0 unspecified atom stereocenters. The zero-order chi connectivity index (χ0) is 14.4. The van der Waals surface area contributed by atoms with Crippen LogP contribution in [0.15, 0.2) is 30.5 Å². The first-order chi connectivity index (χ1) is 9.69. The van der Waals surface area contributed by atoms with Crippen LogP contribution in [0.4, 0.5) is 5.13 Å². The lowest BCUT2D eigenvalue weighted by molar-refractivity contribution is 0.102. The molecule has 4 nitrogen and oxygen atoms in total. The van der Waals surface area contributed by atoms with E-state index >= 15 is 0 Å². The van der Waals surface area contributed by atoms with Gasteiger partial charge in [0.1, 0.15) is 0 Å². The van der Waals surface area contributed by atoms with Gasteiger partial charge in [0, 0.05) is 16.6 Å². The number of carbonyl (C=O) groups is 1. The van der Waals surface area contributed by atoms with Crippen molar-refractivity contribution in [1.29, 1.82) is 0 Å². The van der Waals surface area contributed by atoms with E-state index in [9.17, 15) is 4.79 Å². The number of unbranched alkanes of at least 4 members (excludes halogenated alkanes) is 1. The maximum atomic E-state index is 12.0. The first kappa shape index (κ1) is 17.6. The van der Waals surface area contributed by atoms with Crippen LogP contribution in [0.5, 0.6) is 0 Å². The highest BCUT2D eigenvalue weighted by molar-refractivity contribution is 7.15. The van der Waals surface area contributed by atoms with Crippen molar-refractivity contribution in [2.75, 3.05) is 11.9 Å². The largest absolute Gasteiger partial charge is 0.330 e. The zero-order valence-electron chi connectivity index (χ0n) is 12.0. The number of aromatic nitrogens is 1. The number of benzene rings is 1. The van der Waals surface area contributed by atoms with Crippen LogP contribution >= 0.6 is 23.7 Å². The standard InChI is InChI=1S/C15H19N3OS.ClH/c1-11-5-7-12(8-6-11)14(19)18-15-17-10-13(20-15)4-2-3-9-16;/h5-8,10H,2-4,9,16H2,1H3,(H,17,18,19);1H. The number of nitrogens with two attached hydrogens (primary N) is 1. The Morgan fingerprint density at radius 2 is 2.00 bits per heavy atom. The molecule has 3 N–H and O–H groups in total. The van der Waals surface area contributed by atoms with Crippen molar-refractivity contribution in [2.45, 2.75) is 26.2 Å². The summed E-state index contributed by atoms with van der Waals surface area (Å²) in [6, 6.07) is 7.49. The van der Waals surface area contributed by atoms with Crippen LogP contribution in [0.2, 0.25) is 0 Å². The van der Waals surface area contributed by atoms with Crippen molar-refractivity contribution in [3.8, 4) is 0 Å². The monoisotopic (exact) mass is 325 g/mol. The third kappa shape index (κ3) is 5.46. The van der Waals surface area contributed by atoms with Crippen LogP contribution in [-0.2, 0) is 6.42 Å². The molecule has 0 saturated heterocycles. The topological polar surface area (TPSA) is 68.0 Å². The number of hydrogen-bond acceptors (Lipinski definition) is 4. The molecule has 6 heteroatoms. The Hall–Kier alpha value is -1.43. The van der Waals surface area contributed by atoms with E-state index in [0.29, 0.717) is 10.7 Å². The fourth-order valence-corrected chi connectivity index (χ4v) is 2.65. The van der Waals surface area contributed by atoms with Gasteiger partial charge in [-0.3, -0.25) is 10.1 Å². The lowest BCUT2D eigenvalue weighted by Gasteiger charge is -2.01. The van der Waals surface area contributed by atoms with Crippen LogP contribution in [0.25, 0.3) is 0 Å². The van der Waals surface area contributed by atoms with Gasteiger partial charge in [-0.15, -0.1) is 23.7 Å². The fraction of sp³-hybridized carbons (Fsp3) is 0.333. The Morgan fingerprint density at radius 3 is 2.67 bits per heavy atom. The molecule has 0 bridgehead atoms. The molecule has 0 aliphatic rings. The van der Waals surface area contributed by atoms with Crippen molar-refractivity contribution < 1.29 is 4.79 Å². The molecule has 1 aromatic heterocycles. The van der Waals surface area contributed by atoms with Crippen LogP contribution in [0.3, 0.4) is 0 Å². The van der Waals surface area contributed by atoms with E-state index in [1.54, 1.807) is 0 Å². The summed E-state index contributed by atoms with van der Waals surface area (Å²) >= 11 is 1.53. The molecule has 1 amide bonds. The van der Waals surface area contributed by atoms with Crippen molar-refractivity contribution in [3.63, 3.8) is 0 Å². The van der Waals surface area contributed by atoms with E-state index in [2.05, 4.69) is 10.3 Å². The van der Waals surface area contributed by atoms with Gasteiger partial charge in [-0.1, -0.05) is 17.7 Å². The molecule has 114 valence electrons. The van der Waals surface area contributed by atoms with Gasteiger partial charge >= 0.3 is 0 Å². The predicted octanol–water partition coefficient (Wildman–Crippen LogP) is 3.41. The lowest BCUT2D eigenvalue weighted by atomic mass is 10.1. The van der Waals surface area contributed by atoms with Gasteiger partial charge in [0.25, 0.3) is 5.91 Å². The SMILES string of the molecule is Cc1ccc(C(=O)Nc2ncc(CCCCN)s2)cc1.Cl. The summed E-state index contributed by atoms with van der Waals surface area (Å²) in [6.45, 7) is 2.71. The second-order valence-corrected chi connectivity index (χ2v) is 5.81. The molecule has 0 saturated carbocycles. The van der Waals surface area contributed by atoms with Crippen molar-refractivity contribution in [1.82, 2.24) is 4.98 Å². The minimum Gasteiger partial charge on any atom is -0.330 e. The predicted molar refractivity (Wildman–Crippen MR) is 90.5 cm³/mol. The normalized spacial score (nSPS) is 10.0. The van der Waals surface area contributed by atoms with Crippen molar-refractivity contribution >= 4 is 34.8 Å². The number of rotatable bonds is 6. The highest BCUT2D eigenvalue weighted by Crippen LogP contribution is 2.20. The number of anilines is 1.